The van der Waals surface area contributed by atoms with Crippen molar-refractivity contribution in [2.75, 3.05) is 44.7 Å². The quantitative estimate of drug-likeness (QED) is 0.765. The number of piperazine rings is 1. The molecule has 1 unspecified atom stereocenters. The summed E-state index contributed by atoms with van der Waals surface area (Å²) < 4.78 is 0. The SMILES string of the molecule is CCC(C(=O)N1CCN(c2ccccc2)CC1)N1C(=O)CN(C)C1=O. The van der Waals surface area contributed by atoms with Crippen LogP contribution in [0.3, 0.4) is 0 Å². The van der Waals surface area contributed by atoms with Crippen molar-refractivity contribution < 1.29 is 14.4 Å². The minimum Gasteiger partial charge on any atom is -0.368 e. The highest BCUT2D eigenvalue weighted by atomic mass is 16.2. The molecule has 3 rings (SSSR count). The van der Waals surface area contributed by atoms with Crippen LogP contribution in [0.2, 0.25) is 0 Å². The molecular weight excluding hydrogens is 320 g/mol. The maximum atomic E-state index is 12.9. The number of nitrogens with zero attached hydrogens (tertiary/aromatic N) is 4. The Labute approximate surface area is 147 Å². The molecule has 0 N–H and O–H groups in total. The standard InChI is InChI=1S/C18H24N4O3/c1-3-15(22-16(23)13-19(2)18(22)25)17(24)21-11-9-20(10-12-21)14-7-5-4-6-8-14/h4-8,15H,3,9-13H2,1-2H3. The first-order valence-electron chi connectivity index (χ1n) is 8.69. The van der Waals surface area contributed by atoms with Crippen LogP contribution in [0.25, 0.3) is 0 Å². The molecule has 1 aromatic rings. The number of anilines is 1. The van der Waals surface area contributed by atoms with Gasteiger partial charge in [0.1, 0.15) is 12.6 Å². The summed E-state index contributed by atoms with van der Waals surface area (Å²) in [6.07, 6.45) is 0.434. The molecule has 0 aromatic heterocycles. The van der Waals surface area contributed by atoms with Gasteiger partial charge in [0.15, 0.2) is 0 Å². The summed E-state index contributed by atoms with van der Waals surface area (Å²) in [5, 5.41) is 0. The fraction of sp³-hybridized carbons (Fsp3) is 0.500. The Morgan fingerprint density at radius 1 is 1.08 bits per heavy atom. The third-order valence-corrected chi connectivity index (χ3v) is 4.87. The van der Waals surface area contributed by atoms with Gasteiger partial charge in [-0.1, -0.05) is 25.1 Å². The van der Waals surface area contributed by atoms with E-state index >= 15 is 0 Å². The topological polar surface area (TPSA) is 64.2 Å². The lowest BCUT2D eigenvalue weighted by atomic mass is 10.1. The molecule has 2 heterocycles. The van der Waals surface area contributed by atoms with Gasteiger partial charge in [-0.3, -0.25) is 9.59 Å². The third-order valence-electron chi connectivity index (χ3n) is 4.87. The van der Waals surface area contributed by atoms with Crippen molar-refractivity contribution in [2.24, 2.45) is 0 Å². The molecule has 2 aliphatic rings. The Hall–Kier alpha value is -2.57. The lowest BCUT2D eigenvalue weighted by Crippen LogP contribution is -2.56. The van der Waals surface area contributed by atoms with Crippen molar-refractivity contribution >= 4 is 23.5 Å². The van der Waals surface area contributed by atoms with E-state index in [-0.39, 0.29) is 24.4 Å². The monoisotopic (exact) mass is 344 g/mol. The Balaban J connectivity index is 1.65. The summed E-state index contributed by atoms with van der Waals surface area (Å²) in [7, 11) is 1.58. The summed E-state index contributed by atoms with van der Waals surface area (Å²) in [6.45, 7) is 4.56. The number of para-hydroxylation sites is 1. The third kappa shape index (κ3) is 3.31. The average molecular weight is 344 g/mol. The molecule has 7 heteroatoms. The molecule has 0 aliphatic carbocycles. The van der Waals surface area contributed by atoms with Gasteiger partial charge in [-0.15, -0.1) is 0 Å². The van der Waals surface area contributed by atoms with Gasteiger partial charge in [-0.25, -0.2) is 9.69 Å². The highest BCUT2D eigenvalue weighted by molar-refractivity contribution is 6.05. The first kappa shape index (κ1) is 17.3. The van der Waals surface area contributed by atoms with E-state index < -0.39 is 6.04 Å². The van der Waals surface area contributed by atoms with Gasteiger partial charge >= 0.3 is 6.03 Å². The maximum Gasteiger partial charge on any atom is 0.327 e. The van der Waals surface area contributed by atoms with Crippen molar-refractivity contribution in [1.82, 2.24) is 14.7 Å². The molecule has 2 aliphatic heterocycles. The number of hydrogen-bond donors (Lipinski definition) is 0. The Bertz CT molecular complexity index is 656. The lowest BCUT2D eigenvalue weighted by molar-refractivity contribution is -0.141. The van der Waals surface area contributed by atoms with Crippen LogP contribution in [0.4, 0.5) is 10.5 Å². The van der Waals surface area contributed by atoms with Crippen LogP contribution in [0.15, 0.2) is 30.3 Å². The van der Waals surface area contributed by atoms with Crippen molar-refractivity contribution in [2.45, 2.75) is 19.4 Å². The van der Waals surface area contributed by atoms with Crippen molar-refractivity contribution in [3.63, 3.8) is 0 Å². The molecule has 2 saturated heterocycles. The zero-order chi connectivity index (χ0) is 18.0. The smallest absolute Gasteiger partial charge is 0.327 e. The van der Waals surface area contributed by atoms with Gasteiger partial charge < -0.3 is 14.7 Å². The second-order valence-corrected chi connectivity index (χ2v) is 6.47. The van der Waals surface area contributed by atoms with Crippen LogP contribution < -0.4 is 4.90 Å². The lowest BCUT2D eigenvalue weighted by Gasteiger charge is -2.38. The number of imide groups is 1. The van der Waals surface area contributed by atoms with Gasteiger partial charge in [0.05, 0.1) is 0 Å². The Kier molecular flexibility index (Phi) is 4.92. The Morgan fingerprint density at radius 2 is 1.72 bits per heavy atom. The number of rotatable bonds is 4. The molecule has 7 nitrogen and oxygen atoms in total. The van der Waals surface area contributed by atoms with Crippen LogP contribution in [-0.2, 0) is 9.59 Å². The summed E-state index contributed by atoms with van der Waals surface area (Å²) >= 11 is 0. The van der Waals surface area contributed by atoms with Crippen molar-refractivity contribution in [1.29, 1.82) is 0 Å². The van der Waals surface area contributed by atoms with E-state index in [1.165, 1.54) is 4.90 Å². The molecule has 1 aromatic carbocycles. The number of carbonyl (C=O) groups excluding carboxylic acids is 3. The van der Waals surface area contributed by atoms with Crippen LogP contribution in [0, 0.1) is 0 Å². The second-order valence-electron chi connectivity index (χ2n) is 6.47. The molecule has 4 amide bonds. The van der Waals surface area contributed by atoms with E-state index in [1.807, 2.05) is 25.1 Å². The predicted molar refractivity (Wildman–Crippen MR) is 94.2 cm³/mol. The molecule has 134 valence electrons. The van der Waals surface area contributed by atoms with E-state index in [9.17, 15) is 14.4 Å². The number of benzene rings is 1. The molecule has 0 spiro atoms. The Morgan fingerprint density at radius 3 is 2.24 bits per heavy atom. The van der Waals surface area contributed by atoms with Crippen LogP contribution in [0.1, 0.15) is 13.3 Å². The molecular formula is C18H24N4O3. The number of hydrogen-bond acceptors (Lipinski definition) is 4. The van der Waals surface area contributed by atoms with Crippen molar-refractivity contribution in [3.05, 3.63) is 30.3 Å². The van der Waals surface area contributed by atoms with E-state index in [0.29, 0.717) is 19.5 Å². The van der Waals surface area contributed by atoms with E-state index in [2.05, 4.69) is 17.0 Å². The molecule has 0 saturated carbocycles. The minimum atomic E-state index is -0.701. The highest BCUT2D eigenvalue weighted by Crippen LogP contribution is 2.20. The normalized spacial score (nSPS) is 19.6. The number of amides is 4. The van der Waals surface area contributed by atoms with Crippen LogP contribution in [-0.4, -0.2) is 78.4 Å². The number of likely N-dealkylation sites (N-methyl/N-ethyl adjacent to an activating group) is 1. The van der Waals surface area contributed by atoms with Gasteiger partial charge in [0.25, 0.3) is 5.91 Å². The largest absolute Gasteiger partial charge is 0.368 e. The summed E-state index contributed by atoms with van der Waals surface area (Å²) in [5.74, 6) is -0.428. The van der Waals surface area contributed by atoms with Gasteiger partial charge in [0.2, 0.25) is 5.91 Å². The fourth-order valence-corrected chi connectivity index (χ4v) is 3.45. The van der Waals surface area contributed by atoms with E-state index in [4.69, 9.17) is 0 Å². The van der Waals surface area contributed by atoms with E-state index in [0.717, 1.165) is 23.7 Å². The molecule has 2 fully saturated rings. The van der Waals surface area contributed by atoms with Gasteiger partial charge in [-0.2, -0.15) is 0 Å². The average Bonchev–Trinajstić information content (AvgIpc) is 2.89. The molecule has 25 heavy (non-hydrogen) atoms. The summed E-state index contributed by atoms with van der Waals surface area (Å²) in [4.78, 5) is 43.7. The van der Waals surface area contributed by atoms with Gasteiger partial charge in [0, 0.05) is 38.9 Å². The summed E-state index contributed by atoms with van der Waals surface area (Å²) in [6, 6.07) is 9.02. The van der Waals surface area contributed by atoms with Crippen LogP contribution in [0.5, 0.6) is 0 Å². The summed E-state index contributed by atoms with van der Waals surface area (Å²) in [5.41, 5.74) is 1.15. The fourth-order valence-electron chi connectivity index (χ4n) is 3.45. The zero-order valence-corrected chi connectivity index (χ0v) is 14.7. The number of urea groups is 1. The highest BCUT2D eigenvalue weighted by Gasteiger charge is 2.42. The first-order chi connectivity index (χ1) is 12.0. The first-order valence-corrected chi connectivity index (χ1v) is 8.69. The minimum absolute atomic E-state index is 0.0460. The van der Waals surface area contributed by atoms with Crippen molar-refractivity contribution in [3.8, 4) is 0 Å². The van der Waals surface area contributed by atoms with Gasteiger partial charge in [-0.05, 0) is 18.6 Å². The number of carbonyl (C=O) groups is 3. The molecule has 0 radical (unpaired) electrons. The van der Waals surface area contributed by atoms with E-state index in [1.54, 1.807) is 11.9 Å². The molecule has 1 atom stereocenters. The predicted octanol–water partition coefficient (Wildman–Crippen LogP) is 1.01. The maximum absolute atomic E-state index is 12.9. The van der Waals surface area contributed by atoms with Crippen LogP contribution >= 0.6 is 0 Å². The zero-order valence-electron chi connectivity index (χ0n) is 14.7. The molecule has 0 bridgehead atoms. The second kappa shape index (κ2) is 7.13.